The van der Waals surface area contributed by atoms with E-state index in [1.165, 1.54) is 29.2 Å². The molecule has 24 heavy (non-hydrogen) atoms. The molecule has 126 valence electrons. The van der Waals surface area contributed by atoms with E-state index >= 15 is 0 Å². The number of nitrogens with zero attached hydrogens (tertiary/aromatic N) is 2. The number of benzene rings is 1. The summed E-state index contributed by atoms with van der Waals surface area (Å²) in [6, 6.07) is 6.29. The summed E-state index contributed by atoms with van der Waals surface area (Å²) in [4.78, 5) is 35.9. The highest BCUT2D eigenvalue weighted by Crippen LogP contribution is 2.30. The summed E-state index contributed by atoms with van der Waals surface area (Å²) < 4.78 is 4.91. The smallest absolute Gasteiger partial charge is 0.293 e. The van der Waals surface area contributed by atoms with Gasteiger partial charge in [-0.1, -0.05) is 18.2 Å². The van der Waals surface area contributed by atoms with Gasteiger partial charge in [-0.05, 0) is 36.4 Å². The second-order valence-corrected chi connectivity index (χ2v) is 5.87. The van der Waals surface area contributed by atoms with Crippen LogP contribution in [0.2, 0.25) is 0 Å². The first-order valence-corrected chi connectivity index (χ1v) is 8.00. The molecule has 0 atom stereocenters. The van der Waals surface area contributed by atoms with Gasteiger partial charge in [-0.15, -0.1) is 0 Å². The molecule has 1 aromatic rings. The monoisotopic (exact) mass is 348 g/mol. The van der Waals surface area contributed by atoms with Crippen LogP contribution in [0.3, 0.4) is 0 Å². The van der Waals surface area contributed by atoms with E-state index in [0.29, 0.717) is 30.0 Å². The molecule has 0 spiro atoms. The average molecular weight is 348 g/mol. The maximum Gasteiger partial charge on any atom is 0.293 e. The highest BCUT2D eigenvalue weighted by molar-refractivity contribution is 8.18. The van der Waals surface area contributed by atoms with Crippen molar-refractivity contribution < 1.29 is 19.2 Å². The van der Waals surface area contributed by atoms with E-state index in [0.717, 1.165) is 11.8 Å². The molecular formula is C16H16N2O5S. The Kier molecular flexibility index (Phi) is 6.28. The van der Waals surface area contributed by atoms with Crippen LogP contribution in [0, 0.1) is 10.1 Å². The van der Waals surface area contributed by atoms with Crippen molar-refractivity contribution in [2.75, 3.05) is 20.3 Å². The van der Waals surface area contributed by atoms with Crippen molar-refractivity contribution in [3.05, 3.63) is 57.0 Å². The van der Waals surface area contributed by atoms with Gasteiger partial charge in [0.1, 0.15) is 0 Å². The van der Waals surface area contributed by atoms with E-state index in [1.54, 1.807) is 25.3 Å². The Hall–Kier alpha value is -2.45. The lowest BCUT2D eigenvalue weighted by Crippen LogP contribution is -2.29. The second-order valence-electron chi connectivity index (χ2n) is 4.88. The van der Waals surface area contributed by atoms with E-state index in [4.69, 9.17) is 4.74 Å². The van der Waals surface area contributed by atoms with Gasteiger partial charge < -0.3 is 4.74 Å². The topological polar surface area (TPSA) is 89.8 Å². The number of methoxy groups -OCH3 is 1. The quantitative estimate of drug-likeness (QED) is 0.325. The SMILES string of the molecule is COCCCN1C(=O)S/C(=C/C=C/c2ccccc2[N+](=O)[O-])C1=O. The van der Waals surface area contributed by atoms with Gasteiger partial charge in [0.15, 0.2) is 0 Å². The first kappa shape index (κ1) is 17.9. The number of imide groups is 1. The standard InChI is InChI=1S/C16H16N2O5S/c1-23-11-5-10-17-15(19)14(24-16(17)20)9-4-7-12-6-2-3-8-13(12)18(21)22/h2-4,6-9H,5,10-11H2,1H3/b7-4+,14-9+. The van der Waals surface area contributed by atoms with Gasteiger partial charge in [-0.2, -0.15) is 0 Å². The zero-order chi connectivity index (χ0) is 17.5. The number of carbonyl (C=O) groups is 2. The van der Waals surface area contributed by atoms with Crippen LogP contribution in [0.4, 0.5) is 10.5 Å². The Balaban J connectivity index is 2.08. The third-order valence-electron chi connectivity index (χ3n) is 3.26. The maximum atomic E-state index is 12.2. The molecule has 0 aliphatic carbocycles. The molecule has 0 radical (unpaired) electrons. The average Bonchev–Trinajstić information content (AvgIpc) is 2.83. The summed E-state index contributed by atoms with van der Waals surface area (Å²) in [7, 11) is 1.56. The third kappa shape index (κ3) is 4.30. The summed E-state index contributed by atoms with van der Waals surface area (Å²) in [5.74, 6) is -0.353. The maximum absolute atomic E-state index is 12.2. The van der Waals surface area contributed by atoms with Crippen LogP contribution >= 0.6 is 11.8 Å². The molecular weight excluding hydrogens is 332 g/mol. The van der Waals surface area contributed by atoms with Crippen molar-refractivity contribution in [3.8, 4) is 0 Å². The number of carbonyl (C=O) groups excluding carboxylic acids is 2. The van der Waals surface area contributed by atoms with Crippen molar-refractivity contribution >= 4 is 34.7 Å². The number of hydrogen-bond donors (Lipinski definition) is 0. The molecule has 0 aromatic heterocycles. The predicted molar refractivity (Wildman–Crippen MR) is 91.4 cm³/mol. The summed E-state index contributed by atoms with van der Waals surface area (Å²) in [5, 5.41) is 10.6. The van der Waals surface area contributed by atoms with Crippen LogP contribution in [0.1, 0.15) is 12.0 Å². The van der Waals surface area contributed by atoms with Crippen LogP contribution in [0.15, 0.2) is 41.3 Å². The van der Waals surface area contributed by atoms with Crippen molar-refractivity contribution in [1.82, 2.24) is 4.90 Å². The van der Waals surface area contributed by atoms with Crippen molar-refractivity contribution in [1.29, 1.82) is 0 Å². The molecule has 1 aromatic carbocycles. The zero-order valence-corrected chi connectivity index (χ0v) is 13.8. The number of nitro groups is 1. The van der Waals surface area contributed by atoms with Gasteiger partial charge in [0.05, 0.1) is 15.4 Å². The molecule has 1 saturated heterocycles. The minimum absolute atomic E-state index is 0.0187. The molecule has 0 unspecified atom stereocenters. The first-order chi connectivity index (χ1) is 11.5. The fourth-order valence-electron chi connectivity index (χ4n) is 2.11. The number of ether oxygens (including phenoxy) is 1. The number of nitro benzene ring substituents is 1. The van der Waals surface area contributed by atoms with Crippen molar-refractivity contribution in [2.45, 2.75) is 6.42 Å². The van der Waals surface area contributed by atoms with Gasteiger partial charge in [-0.3, -0.25) is 24.6 Å². The van der Waals surface area contributed by atoms with Crippen LogP contribution < -0.4 is 0 Å². The molecule has 0 saturated carbocycles. The Morgan fingerprint density at radius 3 is 2.79 bits per heavy atom. The van der Waals surface area contributed by atoms with Gasteiger partial charge in [0, 0.05) is 26.3 Å². The normalized spacial score (nSPS) is 16.5. The van der Waals surface area contributed by atoms with E-state index in [2.05, 4.69) is 0 Å². The van der Waals surface area contributed by atoms with Crippen molar-refractivity contribution in [3.63, 3.8) is 0 Å². The largest absolute Gasteiger partial charge is 0.385 e. The van der Waals surface area contributed by atoms with Crippen LogP contribution in [0.5, 0.6) is 0 Å². The molecule has 1 fully saturated rings. The molecule has 0 bridgehead atoms. The van der Waals surface area contributed by atoms with E-state index in [-0.39, 0.29) is 16.8 Å². The first-order valence-electron chi connectivity index (χ1n) is 7.19. The number of para-hydroxylation sites is 1. The number of rotatable bonds is 7. The second kappa shape index (κ2) is 8.42. The van der Waals surface area contributed by atoms with Crippen LogP contribution in [-0.2, 0) is 9.53 Å². The van der Waals surface area contributed by atoms with Gasteiger partial charge in [-0.25, -0.2) is 0 Å². The van der Waals surface area contributed by atoms with E-state index < -0.39 is 4.92 Å². The highest BCUT2D eigenvalue weighted by atomic mass is 32.2. The fourth-order valence-corrected chi connectivity index (χ4v) is 2.92. The van der Waals surface area contributed by atoms with E-state index in [1.807, 2.05) is 0 Å². The lowest BCUT2D eigenvalue weighted by Gasteiger charge is -2.11. The van der Waals surface area contributed by atoms with Crippen molar-refractivity contribution in [2.24, 2.45) is 0 Å². The Labute approximate surface area is 143 Å². The molecule has 2 amide bonds. The summed E-state index contributed by atoms with van der Waals surface area (Å²) in [5.41, 5.74) is 0.410. The number of allylic oxidation sites excluding steroid dienone is 2. The number of thioether (sulfide) groups is 1. The summed E-state index contributed by atoms with van der Waals surface area (Å²) in [6.45, 7) is 0.780. The molecule has 2 rings (SSSR count). The highest BCUT2D eigenvalue weighted by Gasteiger charge is 2.34. The molecule has 8 heteroatoms. The molecule has 1 heterocycles. The van der Waals surface area contributed by atoms with Gasteiger partial charge in [0.2, 0.25) is 0 Å². The summed E-state index contributed by atoms with van der Waals surface area (Å²) >= 11 is 0.858. The lowest BCUT2D eigenvalue weighted by molar-refractivity contribution is -0.385. The molecule has 7 nitrogen and oxygen atoms in total. The predicted octanol–water partition coefficient (Wildman–Crippen LogP) is 3.22. The van der Waals surface area contributed by atoms with Crippen LogP contribution in [-0.4, -0.2) is 41.2 Å². The van der Waals surface area contributed by atoms with Gasteiger partial charge >= 0.3 is 0 Å². The molecule has 0 N–H and O–H groups in total. The van der Waals surface area contributed by atoms with Crippen LogP contribution in [0.25, 0.3) is 6.08 Å². The lowest BCUT2D eigenvalue weighted by atomic mass is 10.1. The fraction of sp³-hybridized carbons (Fsp3) is 0.250. The Morgan fingerprint density at radius 1 is 1.33 bits per heavy atom. The minimum atomic E-state index is -0.469. The number of hydrogen-bond acceptors (Lipinski definition) is 6. The Bertz CT molecular complexity index is 714. The summed E-state index contributed by atoms with van der Waals surface area (Å²) in [6.07, 6.45) is 5.15. The zero-order valence-electron chi connectivity index (χ0n) is 13.0. The molecule has 1 aliphatic heterocycles. The number of amides is 2. The van der Waals surface area contributed by atoms with E-state index in [9.17, 15) is 19.7 Å². The van der Waals surface area contributed by atoms with Gasteiger partial charge in [0.25, 0.3) is 16.8 Å². The molecule has 1 aliphatic rings. The third-order valence-corrected chi connectivity index (χ3v) is 4.19. The Morgan fingerprint density at radius 2 is 2.08 bits per heavy atom. The minimum Gasteiger partial charge on any atom is -0.385 e.